The molecule has 2 atom stereocenters. The summed E-state index contributed by atoms with van der Waals surface area (Å²) in [5, 5.41) is 13.8. The Balaban J connectivity index is 1.50. The third-order valence-corrected chi connectivity index (χ3v) is 8.36. The zero-order chi connectivity index (χ0) is 32.8. The molecule has 0 aliphatic carbocycles. The van der Waals surface area contributed by atoms with Crippen LogP contribution in [-0.4, -0.2) is 46.2 Å². The summed E-state index contributed by atoms with van der Waals surface area (Å²) in [7, 11) is 0. The molecular formula is C35H30Cl2F3N3O3. The first-order valence-corrected chi connectivity index (χ1v) is 15.4. The van der Waals surface area contributed by atoms with Gasteiger partial charge in [-0.2, -0.15) is 13.2 Å². The minimum atomic E-state index is -4.52. The quantitative estimate of drug-likeness (QED) is 0.167. The Hall–Kier alpha value is -4.18. The van der Waals surface area contributed by atoms with E-state index in [1.165, 1.54) is 12.1 Å². The number of carbonyl (C=O) groups excluding carboxylic acids is 1. The zero-order valence-electron chi connectivity index (χ0n) is 24.5. The lowest BCUT2D eigenvalue weighted by atomic mass is 9.98. The molecule has 1 aliphatic heterocycles. The molecule has 4 aromatic rings. The number of hydrogen-bond donors (Lipinski definition) is 2. The van der Waals surface area contributed by atoms with Gasteiger partial charge in [-0.15, -0.1) is 0 Å². The fourth-order valence-corrected chi connectivity index (χ4v) is 5.90. The first-order valence-electron chi connectivity index (χ1n) is 14.6. The van der Waals surface area contributed by atoms with E-state index in [1.54, 1.807) is 42.5 Å². The lowest BCUT2D eigenvalue weighted by molar-refractivity contribution is -0.139. The van der Waals surface area contributed by atoms with Crippen LogP contribution in [0.1, 0.15) is 40.7 Å². The summed E-state index contributed by atoms with van der Waals surface area (Å²) in [5.74, 6) is -1.52. The number of alkyl halides is 3. The standard InChI is InChI=1S/C35H30Cl2F3N3O3/c36-25-16-17-29(42-33(44)31-11-6-18-43(31)21-23-7-2-1-3-8-23)27(20-25)32(26-9-4-5-10-28(26)37)41-30(34(45)46)19-22-12-14-24(15-13-22)35(38,39)40/h1-5,7-10,12-17,20,30-31H,6,11,18-19,21H2,(H,42,44)(H,45,46)/t30-,31-/m0/s1. The molecule has 5 rings (SSSR count). The van der Waals surface area contributed by atoms with E-state index in [0.717, 1.165) is 30.7 Å². The van der Waals surface area contributed by atoms with Crippen molar-refractivity contribution in [1.82, 2.24) is 4.90 Å². The van der Waals surface area contributed by atoms with Gasteiger partial charge in [-0.3, -0.25) is 14.7 Å². The van der Waals surface area contributed by atoms with Crippen molar-refractivity contribution in [3.63, 3.8) is 0 Å². The third kappa shape index (κ3) is 8.15. The van der Waals surface area contributed by atoms with E-state index in [1.807, 2.05) is 30.3 Å². The van der Waals surface area contributed by atoms with Gasteiger partial charge >= 0.3 is 12.1 Å². The van der Waals surface area contributed by atoms with Gasteiger partial charge < -0.3 is 10.4 Å². The molecule has 0 bridgehead atoms. The summed E-state index contributed by atoms with van der Waals surface area (Å²) in [6, 6.07) is 23.9. The number of benzene rings is 4. The fraction of sp³-hybridized carbons (Fsp3) is 0.229. The van der Waals surface area contributed by atoms with E-state index in [-0.39, 0.29) is 23.1 Å². The lowest BCUT2D eigenvalue weighted by Crippen LogP contribution is -2.39. The number of likely N-dealkylation sites (tertiary alicyclic amines) is 1. The predicted molar refractivity (Wildman–Crippen MR) is 174 cm³/mol. The molecular weight excluding hydrogens is 638 g/mol. The molecule has 4 aromatic carbocycles. The van der Waals surface area contributed by atoms with E-state index in [4.69, 9.17) is 23.2 Å². The van der Waals surface area contributed by atoms with E-state index < -0.39 is 29.8 Å². The van der Waals surface area contributed by atoms with E-state index in [9.17, 15) is 27.9 Å². The van der Waals surface area contributed by atoms with E-state index in [2.05, 4.69) is 15.2 Å². The number of nitrogens with zero attached hydrogens (tertiary/aromatic N) is 2. The van der Waals surface area contributed by atoms with Crippen molar-refractivity contribution in [2.24, 2.45) is 4.99 Å². The number of amides is 1. The Bertz CT molecular complexity index is 1730. The monoisotopic (exact) mass is 667 g/mol. The predicted octanol–water partition coefficient (Wildman–Crippen LogP) is 8.15. The van der Waals surface area contributed by atoms with Crippen molar-refractivity contribution < 1.29 is 27.9 Å². The molecule has 238 valence electrons. The molecule has 0 unspecified atom stereocenters. The smallest absolute Gasteiger partial charge is 0.416 e. The van der Waals surface area contributed by atoms with Gasteiger partial charge in [0.15, 0.2) is 6.04 Å². The normalized spacial score (nSPS) is 16.3. The highest BCUT2D eigenvalue weighted by molar-refractivity contribution is 6.36. The zero-order valence-corrected chi connectivity index (χ0v) is 26.0. The second-order valence-corrected chi connectivity index (χ2v) is 11.8. The largest absolute Gasteiger partial charge is 0.480 e. The topological polar surface area (TPSA) is 82.0 Å². The van der Waals surface area contributed by atoms with Crippen LogP contribution in [0.5, 0.6) is 0 Å². The van der Waals surface area contributed by atoms with Gasteiger partial charge in [-0.1, -0.05) is 83.9 Å². The summed E-state index contributed by atoms with van der Waals surface area (Å²) in [5.41, 5.74) is 1.87. The maximum atomic E-state index is 13.7. The van der Waals surface area contributed by atoms with Crippen molar-refractivity contribution in [2.45, 2.75) is 44.1 Å². The number of carboxylic acid groups (broad SMARTS) is 1. The number of carbonyl (C=O) groups is 2. The van der Waals surface area contributed by atoms with Crippen LogP contribution in [0.15, 0.2) is 102 Å². The third-order valence-electron chi connectivity index (χ3n) is 7.80. The van der Waals surface area contributed by atoms with Gasteiger partial charge in [0.05, 0.1) is 23.0 Å². The van der Waals surface area contributed by atoms with Crippen LogP contribution in [0.25, 0.3) is 0 Å². The van der Waals surface area contributed by atoms with Crippen LogP contribution >= 0.6 is 23.2 Å². The first kappa shape index (κ1) is 33.2. The molecule has 11 heteroatoms. The molecule has 0 radical (unpaired) electrons. The Morgan fingerprint density at radius 1 is 0.913 bits per heavy atom. The van der Waals surface area contributed by atoms with E-state index in [0.29, 0.717) is 40.4 Å². The molecule has 0 aromatic heterocycles. The molecule has 1 saturated heterocycles. The minimum absolute atomic E-state index is 0.162. The van der Waals surface area contributed by atoms with Gasteiger partial charge in [0.2, 0.25) is 5.91 Å². The molecule has 1 fully saturated rings. The second-order valence-electron chi connectivity index (χ2n) is 11.0. The number of aliphatic carboxylic acids is 1. The summed E-state index contributed by atoms with van der Waals surface area (Å²) < 4.78 is 39.3. The van der Waals surface area contributed by atoms with Gasteiger partial charge in [0, 0.05) is 34.1 Å². The van der Waals surface area contributed by atoms with Gasteiger partial charge in [-0.05, 0) is 66.9 Å². The fourth-order valence-electron chi connectivity index (χ4n) is 5.50. The van der Waals surface area contributed by atoms with Crippen molar-refractivity contribution in [1.29, 1.82) is 0 Å². The number of carboxylic acids is 1. The van der Waals surface area contributed by atoms with Crippen LogP contribution in [0.3, 0.4) is 0 Å². The molecule has 46 heavy (non-hydrogen) atoms. The van der Waals surface area contributed by atoms with Crippen LogP contribution < -0.4 is 5.32 Å². The van der Waals surface area contributed by atoms with Crippen molar-refractivity contribution >= 4 is 46.5 Å². The Labute approximate surface area is 274 Å². The van der Waals surface area contributed by atoms with Crippen LogP contribution in [0, 0.1) is 0 Å². The summed E-state index contributed by atoms with van der Waals surface area (Å²) in [6.07, 6.45) is -3.19. The maximum Gasteiger partial charge on any atom is 0.416 e. The molecule has 1 aliphatic rings. The second kappa shape index (κ2) is 14.5. The van der Waals surface area contributed by atoms with Crippen LogP contribution in [0.4, 0.5) is 18.9 Å². The van der Waals surface area contributed by atoms with Gasteiger partial charge in [-0.25, -0.2) is 4.79 Å². The van der Waals surface area contributed by atoms with Crippen molar-refractivity contribution in [2.75, 3.05) is 11.9 Å². The lowest BCUT2D eigenvalue weighted by Gasteiger charge is -2.24. The highest BCUT2D eigenvalue weighted by Gasteiger charge is 2.32. The highest BCUT2D eigenvalue weighted by Crippen LogP contribution is 2.31. The molecule has 6 nitrogen and oxygen atoms in total. The average Bonchev–Trinajstić information content (AvgIpc) is 3.49. The SMILES string of the molecule is O=C(O)[C@H](Cc1ccc(C(F)(F)F)cc1)N=C(c1ccccc1Cl)c1cc(Cl)ccc1NC(=O)[C@@H]1CCCN1Cc1ccccc1. The van der Waals surface area contributed by atoms with Gasteiger partial charge in [0.25, 0.3) is 0 Å². The number of nitrogens with one attached hydrogen (secondary N) is 1. The minimum Gasteiger partial charge on any atom is -0.480 e. The van der Waals surface area contributed by atoms with Crippen molar-refractivity contribution in [3.8, 4) is 0 Å². The maximum absolute atomic E-state index is 13.7. The van der Waals surface area contributed by atoms with Crippen molar-refractivity contribution in [3.05, 3.63) is 135 Å². The first-order chi connectivity index (χ1) is 22.0. The highest BCUT2D eigenvalue weighted by atomic mass is 35.5. The number of rotatable bonds is 10. The van der Waals surface area contributed by atoms with Gasteiger partial charge in [0.1, 0.15) is 0 Å². The Morgan fingerprint density at radius 2 is 1.61 bits per heavy atom. The Morgan fingerprint density at radius 3 is 2.28 bits per heavy atom. The molecule has 0 spiro atoms. The molecule has 0 saturated carbocycles. The average molecular weight is 669 g/mol. The van der Waals surface area contributed by atoms with Crippen LogP contribution in [0.2, 0.25) is 10.0 Å². The molecule has 2 N–H and O–H groups in total. The number of halogens is 5. The summed E-state index contributed by atoms with van der Waals surface area (Å²) >= 11 is 13.0. The molecule has 1 heterocycles. The molecule has 1 amide bonds. The van der Waals surface area contributed by atoms with E-state index >= 15 is 0 Å². The summed E-state index contributed by atoms with van der Waals surface area (Å²) in [4.78, 5) is 32.9. The number of aliphatic imine (C=N–C) groups is 1. The number of anilines is 1. The number of hydrogen-bond acceptors (Lipinski definition) is 4. The Kier molecular flexibility index (Phi) is 10.5. The summed E-state index contributed by atoms with van der Waals surface area (Å²) in [6.45, 7) is 1.38. The van der Waals surface area contributed by atoms with Crippen LogP contribution in [-0.2, 0) is 28.7 Å².